The van der Waals surface area contributed by atoms with Gasteiger partial charge in [0.05, 0.1) is 6.10 Å². The molecule has 0 radical (unpaired) electrons. The maximum absolute atomic E-state index is 11.2. The van der Waals surface area contributed by atoms with Crippen molar-refractivity contribution in [2.24, 2.45) is 0 Å². The number of aliphatic hydroxyl groups excluding tert-OH is 1. The van der Waals surface area contributed by atoms with E-state index in [1.54, 1.807) is 0 Å². The van der Waals surface area contributed by atoms with Gasteiger partial charge in [0, 0.05) is 19.1 Å². The highest BCUT2D eigenvalue weighted by Gasteiger charge is 2.24. The third-order valence-corrected chi connectivity index (χ3v) is 7.89. The first-order chi connectivity index (χ1) is 18.2. The maximum Gasteiger partial charge on any atom is 0.0695 e. The molecular weight excluding hydrogens is 450 g/mol. The fourth-order valence-corrected chi connectivity index (χ4v) is 5.62. The summed E-state index contributed by atoms with van der Waals surface area (Å²) in [6, 6.07) is 21.6. The van der Waals surface area contributed by atoms with Gasteiger partial charge in [-0.05, 0) is 24.0 Å². The van der Waals surface area contributed by atoms with Gasteiger partial charge in [0.25, 0.3) is 0 Å². The normalized spacial score (nSPS) is 13.2. The summed E-state index contributed by atoms with van der Waals surface area (Å²) in [5, 5.41) is 11.2. The molecule has 0 aromatic heterocycles. The molecule has 0 heterocycles. The molecule has 2 atom stereocenters. The lowest BCUT2D eigenvalue weighted by Gasteiger charge is -2.34. The first-order valence-corrected chi connectivity index (χ1v) is 15.7. The van der Waals surface area contributed by atoms with Gasteiger partial charge in [-0.25, -0.2) is 0 Å². The average Bonchev–Trinajstić information content (AvgIpc) is 2.92. The molecule has 0 aliphatic carbocycles. The van der Waals surface area contributed by atoms with Crippen LogP contribution in [0.2, 0.25) is 0 Å². The van der Waals surface area contributed by atoms with Crippen LogP contribution in [0.4, 0.5) is 0 Å². The first-order valence-electron chi connectivity index (χ1n) is 15.7. The van der Waals surface area contributed by atoms with Crippen molar-refractivity contribution in [2.75, 3.05) is 0 Å². The van der Waals surface area contributed by atoms with E-state index < -0.39 is 0 Å². The number of nitrogens with zero attached hydrogens (tertiary/aromatic N) is 1. The van der Waals surface area contributed by atoms with Gasteiger partial charge in [0.2, 0.25) is 0 Å². The van der Waals surface area contributed by atoms with Gasteiger partial charge in [-0.1, -0.05) is 171 Å². The van der Waals surface area contributed by atoms with Crippen LogP contribution in [0.1, 0.15) is 134 Å². The summed E-state index contributed by atoms with van der Waals surface area (Å²) in [5.74, 6) is 0. The second kappa shape index (κ2) is 21.3. The highest BCUT2D eigenvalue weighted by atomic mass is 16.3. The van der Waals surface area contributed by atoms with E-state index in [1.165, 1.54) is 101 Å². The molecule has 2 aromatic rings. The van der Waals surface area contributed by atoms with Crippen LogP contribution in [-0.4, -0.2) is 22.2 Å². The van der Waals surface area contributed by atoms with Crippen LogP contribution >= 0.6 is 0 Å². The van der Waals surface area contributed by atoms with E-state index in [2.05, 4.69) is 79.4 Å². The Kier molecular flexibility index (Phi) is 18.2. The minimum atomic E-state index is -0.264. The molecule has 0 bridgehead atoms. The molecule has 0 fully saturated rings. The summed E-state index contributed by atoms with van der Waals surface area (Å²) in [6.45, 7) is 6.28. The molecule has 2 aromatic carbocycles. The van der Waals surface area contributed by atoms with Crippen LogP contribution in [-0.2, 0) is 13.1 Å². The average molecular weight is 508 g/mol. The number of benzene rings is 2. The highest BCUT2D eigenvalue weighted by Crippen LogP contribution is 2.21. The van der Waals surface area contributed by atoms with E-state index in [4.69, 9.17) is 0 Å². The van der Waals surface area contributed by atoms with Crippen molar-refractivity contribution >= 4 is 0 Å². The number of hydrogen-bond donors (Lipinski definition) is 1. The molecule has 0 aliphatic rings. The van der Waals surface area contributed by atoms with Gasteiger partial charge in [-0.2, -0.15) is 0 Å². The number of rotatable bonds is 23. The summed E-state index contributed by atoms with van der Waals surface area (Å²) >= 11 is 0. The Labute approximate surface area is 229 Å². The lowest BCUT2D eigenvalue weighted by molar-refractivity contribution is 0.0304. The summed E-state index contributed by atoms with van der Waals surface area (Å²) in [6.07, 6.45) is 22.3. The van der Waals surface area contributed by atoms with E-state index >= 15 is 0 Å². The number of aliphatic hydroxyl groups is 1. The first kappa shape index (κ1) is 31.6. The minimum Gasteiger partial charge on any atom is -0.391 e. The third kappa shape index (κ3) is 14.8. The second-order valence-corrected chi connectivity index (χ2v) is 11.2. The van der Waals surface area contributed by atoms with Crippen LogP contribution < -0.4 is 0 Å². The molecule has 2 rings (SSSR count). The Bertz CT molecular complexity index is 705. The lowest BCUT2D eigenvalue weighted by Crippen LogP contribution is -2.42. The smallest absolute Gasteiger partial charge is 0.0695 e. The molecule has 208 valence electrons. The van der Waals surface area contributed by atoms with Crippen molar-refractivity contribution in [1.29, 1.82) is 0 Å². The van der Waals surface area contributed by atoms with Crippen LogP contribution in [0.15, 0.2) is 60.7 Å². The van der Waals surface area contributed by atoms with Crippen molar-refractivity contribution < 1.29 is 5.11 Å². The van der Waals surface area contributed by atoms with Gasteiger partial charge in [-0.3, -0.25) is 4.90 Å². The van der Waals surface area contributed by atoms with Crippen LogP contribution in [0, 0.1) is 0 Å². The van der Waals surface area contributed by atoms with Crippen LogP contribution in [0.3, 0.4) is 0 Å². The Balaban J connectivity index is 1.62. The Morgan fingerprint density at radius 2 is 0.919 bits per heavy atom. The maximum atomic E-state index is 11.2. The zero-order chi connectivity index (χ0) is 26.4. The monoisotopic (exact) mass is 507 g/mol. The fraction of sp³-hybridized carbons (Fsp3) is 0.657. The molecule has 0 amide bonds. The Morgan fingerprint density at radius 1 is 0.541 bits per heavy atom. The summed E-state index contributed by atoms with van der Waals surface area (Å²) in [7, 11) is 0. The molecule has 37 heavy (non-hydrogen) atoms. The highest BCUT2D eigenvalue weighted by molar-refractivity contribution is 5.17. The van der Waals surface area contributed by atoms with E-state index in [9.17, 15) is 5.11 Å². The van der Waals surface area contributed by atoms with E-state index in [0.29, 0.717) is 0 Å². The van der Waals surface area contributed by atoms with Crippen LogP contribution in [0.5, 0.6) is 0 Å². The molecule has 0 aliphatic heterocycles. The van der Waals surface area contributed by atoms with Crippen LogP contribution in [0.25, 0.3) is 0 Å². The van der Waals surface area contributed by atoms with Gasteiger partial charge in [0.15, 0.2) is 0 Å². The molecule has 2 nitrogen and oxygen atoms in total. The predicted octanol–water partition coefficient (Wildman–Crippen LogP) is 10.1. The zero-order valence-electron chi connectivity index (χ0n) is 24.3. The number of hydrogen-bond acceptors (Lipinski definition) is 2. The molecule has 0 unspecified atom stereocenters. The molecule has 0 saturated heterocycles. The van der Waals surface area contributed by atoms with Crippen molar-refractivity contribution in [3.8, 4) is 0 Å². The van der Waals surface area contributed by atoms with E-state index in [-0.39, 0.29) is 12.1 Å². The third-order valence-electron chi connectivity index (χ3n) is 7.89. The van der Waals surface area contributed by atoms with Gasteiger partial charge in [-0.15, -0.1) is 0 Å². The van der Waals surface area contributed by atoms with E-state index in [0.717, 1.165) is 32.4 Å². The topological polar surface area (TPSA) is 23.5 Å². The fourth-order valence-electron chi connectivity index (χ4n) is 5.62. The van der Waals surface area contributed by atoms with E-state index in [1.807, 2.05) is 0 Å². The number of unbranched alkanes of at least 4 members (excludes halogenated alkanes) is 14. The van der Waals surface area contributed by atoms with Crippen molar-refractivity contribution in [1.82, 2.24) is 4.90 Å². The SMILES string of the molecule is CCCCCCCCCCCCCCCCC[C@@H](O)[C@H](CC)N(Cc1ccccc1)Cc1ccccc1. The molecular formula is C35H57NO. The summed E-state index contributed by atoms with van der Waals surface area (Å²) in [5.41, 5.74) is 2.63. The molecule has 2 heteroatoms. The zero-order valence-corrected chi connectivity index (χ0v) is 24.3. The predicted molar refractivity (Wildman–Crippen MR) is 162 cm³/mol. The van der Waals surface area contributed by atoms with Gasteiger partial charge >= 0.3 is 0 Å². The lowest BCUT2D eigenvalue weighted by atomic mass is 9.98. The van der Waals surface area contributed by atoms with Crippen molar-refractivity contribution in [2.45, 2.75) is 148 Å². The Morgan fingerprint density at radius 3 is 1.30 bits per heavy atom. The molecule has 0 saturated carbocycles. The summed E-state index contributed by atoms with van der Waals surface area (Å²) in [4.78, 5) is 2.49. The summed E-state index contributed by atoms with van der Waals surface area (Å²) < 4.78 is 0. The van der Waals surface area contributed by atoms with Crippen molar-refractivity contribution in [3.63, 3.8) is 0 Å². The largest absolute Gasteiger partial charge is 0.391 e. The van der Waals surface area contributed by atoms with Gasteiger partial charge in [0.1, 0.15) is 0 Å². The Hall–Kier alpha value is -1.64. The van der Waals surface area contributed by atoms with Crippen molar-refractivity contribution in [3.05, 3.63) is 71.8 Å². The van der Waals surface area contributed by atoms with Gasteiger partial charge < -0.3 is 5.11 Å². The quantitative estimate of drug-likeness (QED) is 0.151. The standard InChI is InChI=1S/C35H57NO/c1-3-5-6-7-8-9-10-11-12-13-14-15-16-17-24-29-35(37)34(4-2)36(30-32-25-20-18-21-26-32)31-33-27-22-19-23-28-33/h18-23,25-28,34-35,37H,3-17,24,29-31H2,1-2H3/t34-,35+/m0/s1. The molecule has 0 spiro atoms. The minimum absolute atomic E-state index is 0.187. The second-order valence-electron chi connectivity index (χ2n) is 11.2. The molecule has 1 N–H and O–H groups in total.